The topological polar surface area (TPSA) is 112 Å². The van der Waals surface area contributed by atoms with Crippen molar-refractivity contribution in [3.05, 3.63) is 0 Å². The highest BCUT2D eigenvalue weighted by molar-refractivity contribution is 5.68. The molecular weight excluding hydrogens is 332 g/mol. The molecule has 2 fully saturated rings. The maximum absolute atomic E-state index is 11.0. The average molecular weight is 360 g/mol. The van der Waals surface area contributed by atoms with Crippen molar-refractivity contribution in [1.29, 1.82) is 0 Å². The number of ether oxygens (including phenoxy) is 4. The number of carboxylic acids is 2. The Hall–Kier alpha value is -1.22. The van der Waals surface area contributed by atoms with Crippen molar-refractivity contribution in [2.45, 2.75) is 53.1 Å². The number of rotatable bonds is 6. The highest BCUT2D eigenvalue weighted by atomic mass is 16.7. The standard InChI is InChI=1S/C17H28O8/c1-15(2,5-11(18)19)13-22-7-17(8-23-13)9-24-14(25-10-17)16(3,4)6-12(20)21/h13-14H,5-10H2,1-4H3,(H,18,19)(H,20,21). The first-order valence-corrected chi connectivity index (χ1v) is 8.36. The van der Waals surface area contributed by atoms with Crippen LogP contribution in [0.2, 0.25) is 0 Å². The lowest BCUT2D eigenvalue weighted by Gasteiger charge is -2.48. The van der Waals surface area contributed by atoms with Crippen molar-refractivity contribution in [1.82, 2.24) is 0 Å². The van der Waals surface area contributed by atoms with E-state index in [2.05, 4.69) is 0 Å². The zero-order valence-corrected chi connectivity index (χ0v) is 15.2. The molecule has 0 bridgehead atoms. The molecular formula is C17H28O8. The van der Waals surface area contributed by atoms with E-state index in [1.807, 2.05) is 0 Å². The number of carbonyl (C=O) groups is 2. The van der Waals surface area contributed by atoms with Crippen molar-refractivity contribution in [3.63, 3.8) is 0 Å². The second-order valence-electron chi connectivity index (χ2n) is 8.53. The third kappa shape index (κ3) is 4.91. The minimum Gasteiger partial charge on any atom is -0.481 e. The fourth-order valence-electron chi connectivity index (χ4n) is 3.20. The molecule has 8 heteroatoms. The lowest BCUT2D eigenvalue weighted by Crippen LogP contribution is -2.56. The van der Waals surface area contributed by atoms with Gasteiger partial charge in [-0.3, -0.25) is 9.59 Å². The zero-order chi connectivity index (χ0) is 18.9. The van der Waals surface area contributed by atoms with Crippen LogP contribution in [0.5, 0.6) is 0 Å². The first kappa shape index (κ1) is 20.1. The molecule has 1 spiro atoms. The molecule has 0 radical (unpaired) electrons. The molecule has 2 rings (SSSR count). The minimum absolute atomic E-state index is 0.0525. The van der Waals surface area contributed by atoms with E-state index in [0.717, 1.165) is 0 Å². The van der Waals surface area contributed by atoms with Crippen LogP contribution in [0.1, 0.15) is 40.5 Å². The summed E-state index contributed by atoms with van der Waals surface area (Å²) in [5, 5.41) is 18.0. The van der Waals surface area contributed by atoms with E-state index in [0.29, 0.717) is 26.4 Å². The summed E-state index contributed by atoms with van der Waals surface area (Å²) in [4.78, 5) is 21.9. The Kier molecular flexibility index (Phi) is 5.78. The van der Waals surface area contributed by atoms with Gasteiger partial charge < -0.3 is 29.2 Å². The van der Waals surface area contributed by atoms with Crippen molar-refractivity contribution in [3.8, 4) is 0 Å². The van der Waals surface area contributed by atoms with E-state index in [4.69, 9.17) is 29.2 Å². The summed E-state index contributed by atoms with van der Waals surface area (Å²) in [6, 6.07) is 0. The van der Waals surface area contributed by atoms with Gasteiger partial charge in [0.05, 0.1) is 44.7 Å². The van der Waals surface area contributed by atoms with Crippen LogP contribution in [0.25, 0.3) is 0 Å². The van der Waals surface area contributed by atoms with Gasteiger partial charge in [-0.05, 0) is 0 Å². The van der Waals surface area contributed by atoms with E-state index < -0.39 is 40.8 Å². The third-order valence-electron chi connectivity index (χ3n) is 4.65. The Bertz CT molecular complexity index is 447. The molecule has 2 N–H and O–H groups in total. The molecule has 2 saturated heterocycles. The van der Waals surface area contributed by atoms with E-state index in [-0.39, 0.29) is 12.8 Å². The van der Waals surface area contributed by atoms with Crippen LogP contribution in [0, 0.1) is 16.2 Å². The van der Waals surface area contributed by atoms with Crippen LogP contribution in [0.15, 0.2) is 0 Å². The SMILES string of the molecule is CC(C)(CC(=O)O)C1OCC2(CO1)COC(C(C)(C)CC(=O)O)OC2. The summed E-state index contributed by atoms with van der Waals surface area (Å²) in [5.74, 6) is -1.80. The monoisotopic (exact) mass is 360 g/mol. The number of hydrogen-bond acceptors (Lipinski definition) is 6. The predicted octanol–water partition coefficient (Wildman–Crippen LogP) is 1.72. The fraction of sp³-hybridized carbons (Fsp3) is 0.882. The molecule has 0 unspecified atom stereocenters. The third-order valence-corrected chi connectivity index (χ3v) is 4.65. The molecule has 0 aromatic rings. The lowest BCUT2D eigenvalue weighted by molar-refractivity contribution is -0.334. The molecule has 0 atom stereocenters. The Labute approximate surface area is 147 Å². The summed E-state index contributed by atoms with van der Waals surface area (Å²) in [6.45, 7) is 8.54. The van der Waals surface area contributed by atoms with Gasteiger partial charge in [0.2, 0.25) is 0 Å². The number of carboxylic acid groups (broad SMARTS) is 2. The van der Waals surface area contributed by atoms with Gasteiger partial charge >= 0.3 is 11.9 Å². The molecule has 0 amide bonds. The van der Waals surface area contributed by atoms with Crippen LogP contribution in [-0.2, 0) is 28.5 Å². The summed E-state index contributed by atoms with van der Waals surface area (Å²) >= 11 is 0. The van der Waals surface area contributed by atoms with Crippen LogP contribution in [0.3, 0.4) is 0 Å². The van der Waals surface area contributed by atoms with Crippen LogP contribution in [0.4, 0.5) is 0 Å². The molecule has 144 valence electrons. The van der Waals surface area contributed by atoms with Crippen molar-refractivity contribution in [2.24, 2.45) is 16.2 Å². The van der Waals surface area contributed by atoms with Crippen LogP contribution >= 0.6 is 0 Å². The zero-order valence-electron chi connectivity index (χ0n) is 15.2. The summed E-state index contributed by atoms with van der Waals surface area (Å²) in [5.41, 5.74) is -1.74. The average Bonchev–Trinajstić information content (AvgIpc) is 2.45. The first-order valence-electron chi connectivity index (χ1n) is 8.36. The number of hydrogen-bond donors (Lipinski definition) is 2. The highest BCUT2D eigenvalue weighted by Gasteiger charge is 2.48. The minimum atomic E-state index is -0.898. The molecule has 8 nitrogen and oxygen atoms in total. The van der Waals surface area contributed by atoms with Gasteiger partial charge in [-0.25, -0.2) is 0 Å². The molecule has 0 saturated carbocycles. The van der Waals surface area contributed by atoms with Crippen molar-refractivity contribution < 1.29 is 38.7 Å². The first-order chi connectivity index (χ1) is 11.5. The Morgan fingerprint density at radius 2 is 1.08 bits per heavy atom. The Balaban J connectivity index is 1.89. The number of aliphatic carboxylic acids is 2. The van der Waals surface area contributed by atoms with Crippen LogP contribution in [-0.4, -0.2) is 61.2 Å². The second kappa shape index (κ2) is 7.19. The lowest BCUT2D eigenvalue weighted by atomic mass is 9.84. The Morgan fingerprint density at radius 1 is 0.800 bits per heavy atom. The van der Waals surface area contributed by atoms with E-state index in [9.17, 15) is 9.59 Å². The smallest absolute Gasteiger partial charge is 0.304 e. The quantitative estimate of drug-likeness (QED) is 0.736. The molecule has 25 heavy (non-hydrogen) atoms. The molecule has 0 aromatic heterocycles. The van der Waals surface area contributed by atoms with Gasteiger partial charge in [0.15, 0.2) is 12.6 Å². The molecule has 0 aliphatic carbocycles. The van der Waals surface area contributed by atoms with Gasteiger partial charge in [-0.1, -0.05) is 27.7 Å². The van der Waals surface area contributed by atoms with Gasteiger partial charge in [-0.15, -0.1) is 0 Å². The van der Waals surface area contributed by atoms with E-state index in [1.54, 1.807) is 27.7 Å². The maximum Gasteiger partial charge on any atom is 0.304 e. The van der Waals surface area contributed by atoms with Crippen LogP contribution < -0.4 is 0 Å². The molecule has 2 aliphatic heterocycles. The highest BCUT2D eigenvalue weighted by Crippen LogP contribution is 2.40. The largest absolute Gasteiger partial charge is 0.481 e. The van der Waals surface area contributed by atoms with Gasteiger partial charge in [0.25, 0.3) is 0 Å². The predicted molar refractivity (Wildman–Crippen MR) is 85.9 cm³/mol. The summed E-state index contributed by atoms with van der Waals surface area (Å²) in [6.07, 6.45) is -1.31. The molecule has 0 aromatic carbocycles. The fourth-order valence-corrected chi connectivity index (χ4v) is 3.20. The van der Waals surface area contributed by atoms with Crippen molar-refractivity contribution >= 4 is 11.9 Å². The Morgan fingerprint density at radius 3 is 1.32 bits per heavy atom. The van der Waals surface area contributed by atoms with E-state index in [1.165, 1.54) is 0 Å². The molecule has 2 aliphatic rings. The van der Waals surface area contributed by atoms with Crippen molar-refractivity contribution in [2.75, 3.05) is 26.4 Å². The van der Waals surface area contributed by atoms with Gasteiger partial charge in [0, 0.05) is 10.8 Å². The maximum atomic E-state index is 11.0. The summed E-state index contributed by atoms with van der Waals surface area (Å²) < 4.78 is 23.1. The van der Waals surface area contributed by atoms with Gasteiger partial charge in [0.1, 0.15) is 0 Å². The normalized spacial score (nSPS) is 31.0. The van der Waals surface area contributed by atoms with Gasteiger partial charge in [-0.2, -0.15) is 0 Å². The summed E-state index contributed by atoms with van der Waals surface area (Å²) in [7, 11) is 0. The molecule has 2 heterocycles. The van der Waals surface area contributed by atoms with E-state index >= 15 is 0 Å². The second-order valence-corrected chi connectivity index (χ2v) is 8.53.